The van der Waals surface area contributed by atoms with Gasteiger partial charge in [-0.15, -0.1) is 5.10 Å². The molecule has 0 N–H and O–H groups in total. The monoisotopic (exact) mass is 259 g/mol. The zero-order valence-corrected chi connectivity index (χ0v) is 10.4. The van der Waals surface area contributed by atoms with Crippen LogP contribution in [0.4, 0.5) is 4.39 Å². The minimum Gasteiger partial charge on any atom is -0.296 e. The maximum atomic E-state index is 13.7. The summed E-state index contributed by atoms with van der Waals surface area (Å²) >= 11 is 0. The average molecular weight is 259 g/mol. The number of hydrogen-bond acceptors (Lipinski definition) is 3. The van der Waals surface area contributed by atoms with E-state index < -0.39 is 0 Å². The van der Waals surface area contributed by atoms with E-state index >= 15 is 0 Å². The third-order valence-electron chi connectivity index (χ3n) is 3.68. The molecule has 2 aromatic rings. The molecule has 1 aliphatic carbocycles. The highest BCUT2D eigenvalue weighted by molar-refractivity contribution is 5.73. The molecule has 19 heavy (non-hydrogen) atoms. The van der Waals surface area contributed by atoms with Crippen molar-refractivity contribution in [3.8, 4) is 0 Å². The van der Waals surface area contributed by atoms with E-state index in [1.54, 1.807) is 22.9 Å². The fraction of sp³-hybridized carbons (Fsp3) is 0.357. The van der Waals surface area contributed by atoms with Crippen molar-refractivity contribution < 1.29 is 9.18 Å². The highest BCUT2D eigenvalue weighted by Gasteiger charge is 2.27. The molecule has 0 unspecified atom stereocenters. The van der Waals surface area contributed by atoms with Gasteiger partial charge >= 0.3 is 0 Å². The predicted molar refractivity (Wildman–Crippen MR) is 67.5 cm³/mol. The minimum atomic E-state index is -0.259. The van der Waals surface area contributed by atoms with Gasteiger partial charge in [0.05, 0.1) is 12.2 Å². The van der Waals surface area contributed by atoms with Crippen LogP contribution in [-0.4, -0.2) is 21.3 Å². The Labute approximate surface area is 110 Å². The number of aldehydes is 1. The van der Waals surface area contributed by atoms with Gasteiger partial charge in [-0.25, -0.2) is 9.07 Å². The van der Waals surface area contributed by atoms with E-state index in [4.69, 9.17) is 0 Å². The molecule has 0 atom stereocenters. The Hall–Kier alpha value is -2.04. The fourth-order valence-corrected chi connectivity index (χ4v) is 2.42. The number of halogens is 1. The smallest absolute Gasteiger partial charge is 0.172 e. The maximum absolute atomic E-state index is 13.7. The van der Waals surface area contributed by atoms with Gasteiger partial charge in [0.15, 0.2) is 6.29 Å². The van der Waals surface area contributed by atoms with Crippen molar-refractivity contribution in [2.45, 2.75) is 31.7 Å². The van der Waals surface area contributed by atoms with Crippen molar-refractivity contribution in [3.63, 3.8) is 0 Å². The van der Waals surface area contributed by atoms with Crippen molar-refractivity contribution in [1.29, 1.82) is 0 Å². The molecule has 1 aromatic carbocycles. The van der Waals surface area contributed by atoms with Crippen LogP contribution >= 0.6 is 0 Å². The summed E-state index contributed by atoms with van der Waals surface area (Å²) in [4.78, 5) is 11.0. The van der Waals surface area contributed by atoms with E-state index in [1.807, 2.05) is 0 Å². The van der Waals surface area contributed by atoms with E-state index in [2.05, 4.69) is 10.3 Å². The molecule has 4 nitrogen and oxygen atoms in total. The SMILES string of the molecule is O=Cc1nnn(Cc2ccccc2F)c1C1CCC1. The third-order valence-corrected chi connectivity index (χ3v) is 3.68. The Morgan fingerprint density at radius 1 is 1.37 bits per heavy atom. The number of hydrogen-bond donors (Lipinski definition) is 0. The zero-order chi connectivity index (χ0) is 13.2. The van der Waals surface area contributed by atoms with E-state index in [9.17, 15) is 9.18 Å². The first-order valence-corrected chi connectivity index (χ1v) is 6.41. The summed E-state index contributed by atoms with van der Waals surface area (Å²) in [6, 6.07) is 6.60. The number of nitrogens with zero attached hydrogens (tertiary/aromatic N) is 3. The molecule has 3 rings (SSSR count). The number of rotatable bonds is 4. The highest BCUT2D eigenvalue weighted by Crippen LogP contribution is 2.37. The van der Waals surface area contributed by atoms with Crippen molar-refractivity contribution in [1.82, 2.24) is 15.0 Å². The van der Waals surface area contributed by atoms with Crippen LogP contribution in [0.15, 0.2) is 24.3 Å². The van der Waals surface area contributed by atoms with Crippen LogP contribution in [0.3, 0.4) is 0 Å². The van der Waals surface area contributed by atoms with E-state index in [0.717, 1.165) is 31.2 Å². The lowest BCUT2D eigenvalue weighted by Crippen LogP contribution is -2.17. The van der Waals surface area contributed by atoms with Gasteiger partial charge in [0.2, 0.25) is 0 Å². The number of benzene rings is 1. The van der Waals surface area contributed by atoms with Crippen molar-refractivity contribution in [2.24, 2.45) is 0 Å². The minimum absolute atomic E-state index is 0.259. The van der Waals surface area contributed by atoms with E-state index in [0.29, 0.717) is 23.7 Å². The summed E-state index contributed by atoms with van der Waals surface area (Å²) in [5, 5.41) is 7.88. The lowest BCUT2D eigenvalue weighted by Gasteiger charge is -2.26. The molecule has 1 aromatic heterocycles. The second-order valence-electron chi connectivity index (χ2n) is 4.85. The molecule has 5 heteroatoms. The standard InChI is InChI=1S/C14H14FN3O/c15-12-7-2-1-4-11(12)8-18-14(10-5-3-6-10)13(9-19)16-17-18/h1-2,4,7,9-10H,3,5-6,8H2. The third kappa shape index (κ3) is 2.16. The van der Waals surface area contributed by atoms with Gasteiger partial charge in [0.25, 0.3) is 0 Å². The Morgan fingerprint density at radius 2 is 2.16 bits per heavy atom. The average Bonchev–Trinajstić information content (AvgIpc) is 2.73. The molecule has 1 heterocycles. The molecule has 1 fully saturated rings. The van der Waals surface area contributed by atoms with E-state index in [-0.39, 0.29) is 5.82 Å². The summed E-state index contributed by atoms with van der Waals surface area (Å²) in [6.45, 7) is 0.319. The van der Waals surface area contributed by atoms with Crippen molar-refractivity contribution >= 4 is 6.29 Å². The predicted octanol–water partition coefficient (Wildman–Crippen LogP) is 2.55. The fourth-order valence-electron chi connectivity index (χ4n) is 2.42. The summed E-state index contributed by atoms with van der Waals surface area (Å²) in [5.74, 6) is 0.0761. The Balaban J connectivity index is 1.94. The Bertz CT molecular complexity index is 604. The van der Waals surface area contributed by atoms with Gasteiger partial charge in [0.1, 0.15) is 11.5 Å². The molecular formula is C14H14FN3O. The molecule has 0 amide bonds. The lowest BCUT2D eigenvalue weighted by molar-refractivity contribution is 0.111. The molecule has 0 bridgehead atoms. The molecule has 98 valence electrons. The first-order chi connectivity index (χ1) is 9.29. The second-order valence-corrected chi connectivity index (χ2v) is 4.85. The Kier molecular flexibility index (Phi) is 3.11. The zero-order valence-electron chi connectivity index (χ0n) is 10.4. The molecule has 1 saturated carbocycles. The largest absolute Gasteiger partial charge is 0.296 e. The molecule has 0 radical (unpaired) electrons. The van der Waals surface area contributed by atoms with Crippen LogP contribution in [-0.2, 0) is 6.54 Å². The van der Waals surface area contributed by atoms with Crippen LogP contribution in [0, 0.1) is 5.82 Å². The molecule has 1 aliphatic rings. The first-order valence-electron chi connectivity index (χ1n) is 6.41. The summed E-state index contributed by atoms with van der Waals surface area (Å²) in [5.41, 5.74) is 1.80. The topological polar surface area (TPSA) is 47.8 Å². The van der Waals surface area contributed by atoms with Gasteiger partial charge in [-0.3, -0.25) is 4.79 Å². The summed E-state index contributed by atoms with van der Waals surface area (Å²) in [7, 11) is 0. The van der Waals surface area contributed by atoms with Crippen LogP contribution in [0.25, 0.3) is 0 Å². The van der Waals surface area contributed by atoms with Crippen molar-refractivity contribution in [2.75, 3.05) is 0 Å². The van der Waals surface area contributed by atoms with Crippen molar-refractivity contribution in [3.05, 3.63) is 47.0 Å². The second kappa shape index (κ2) is 4.91. The highest BCUT2D eigenvalue weighted by atomic mass is 19.1. The van der Waals surface area contributed by atoms with E-state index in [1.165, 1.54) is 6.07 Å². The number of carbonyl (C=O) groups is 1. The van der Waals surface area contributed by atoms with Crippen LogP contribution in [0.2, 0.25) is 0 Å². The van der Waals surface area contributed by atoms with Gasteiger partial charge in [-0.2, -0.15) is 0 Å². The number of carbonyl (C=O) groups excluding carboxylic acids is 1. The molecule has 0 spiro atoms. The maximum Gasteiger partial charge on any atom is 0.172 e. The van der Waals surface area contributed by atoms with Crippen LogP contribution in [0.5, 0.6) is 0 Å². The number of aromatic nitrogens is 3. The van der Waals surface area contributed by atoms with Gasteiger partial charge in [0, 0.05) is 11.5 Å². The quantitative estimate of drug-likeness (QED) is 0.793. The molecular weight excluding hydrogens is 245 g/mol. The summed E-state index contributed by atoms with van der Waals surface area (Å²) in [6.07, 6.45) is 3.99. The normalized spacial score (nSPS) is 15.2. The van der Waals surface area contributed by atoms with Gasteiger partial charge in [-0.05, 0) is 18.9 Å². The Morgan fingerprint density at radius 3 is 2.79 bits per heavy atom. The first kappa shape index (κ1) is 12.0. The van der Waals surface area contributed by atoms with Crippen LogP contribution in [0.1, 0.15) is 46.9 Å². The molecule has 0 aliphatic heterocycles. The lowest BCUT2D eigenvalue weighted by atomic mass is 9.82. The van der Waals surface area contributed by atoms with Gasteiger partial charge < -0.3 is 0 Å². The summed E-state index contributed by atoms with van der Waals surface area (Å²) < 4.78 is 15.3. The molecule has 0 saturated heterocycles. The van der Waals surface area contributed by atoms with Gasteiger partial charge in [-0.1, -0.05) is 29.8 Å². The van der Waals surface area contributed by atoms with Crippen LogP contribution < -0.4 is 0 Å².